The van der Waals surface area contributed by atoms with Crippen molar-refractivity contribution in [3.05, 3.63) is 0 Å². The predicted octanol–water partition coefficient (Wildman–Crippen LogP) is 0.394. The first-order valence-corrected chi connectivity index (χ1v) is 4.20. The highest BCUT2D eigenvalue weighted by molar-refractivity contribution is 5.85. The van der Waals surface area contributed by atoms with E-state index in [-0.39, 0.29) is 5.91 Å². The molecule has 0 unspecified atom stereocenters. The smallest absolute Gasteiger partial charge is 0.239 e. The lowest BCUT2D eigenvalue weighted by atomic mass is 9.82. The third-order valence-electron chi connectivity index (χ3n) is 2.43. The van der Waals surface area contributed by atoms with Crippen LogP contribution in [-0.2, 0) is 4.79 Å². The zero-order chi connectivity index (χ0) is 8.32. The molecular formula is C8H16N2O. The van der Waals surface area contributed by atoms with Crippen LogP contribution in [0.1, 0.15) is 32.1 Å². The Morgan fingerprint density at radius 2 is 1.91 bits per heavy atom. The highest BCUT2D eigenvalue weighted by Crippen LogP contribution is 2.25. The van der Waals surface area contributed by atoms with E-state index in [1.54, 1.807) is 7.05 Å². The Morgan fingerprint density at radius 1 is 1.36 bits per heavy atom. The first-order valence-electron chi connectivity index (χ1n) is 4.20. The molecule has 0 aromatic carbocycles. The van der Waals surface area contributed by atoms with Gasteiger partial charge in [-0.15, -0.1) is 0 Å². The molecule has 3 N–H and O–H groups in total. The highest BCUT2D eigenvalue weighted by Gasteiger charge is 2.34. The van der Waals surface area contributed by atoms with Crippen molar-refractivity contribution in [3.63, 3.8) is 0 Å². The fourth-order valence-electron chi connectivity index (χ4n) is 1.66. The quantitative estimate of drug-likeness (QED) is 0.577. The Labute approximate surface area is 67.3 Å². The predicted molar refractivity (Wildman–Crippen MR) is 44.1 cm³/mol. The number of nitrogens with one attached hydrogen (secondary N) is 1. The van der Waals surface area contributed by atoms with Crippen LogP contribution in [0.15, 0.2) is 0 Å². The molecule has 0 spiro atoms. The molecule has 1 fully saturated rings. The van der Waals surface area contributed by atoms with Crippen molar-refractivity contribution in [2.24, 2.45) is 5.73 Å². The molecule has 1 aliphatic rings. The number of amides is 1. The Kier molecular flexibility index (Phi) is 2.49. The summed E-state index contributed by atoms with van der Waals surface area (Å²) in [4.78, 5) is 11.3. The van der Waals surface area contributed by atoms with Crippen molar-refractivity contribution in [2.75, 3.05) is 7.05 Å². The maximum absolute atomic E-state index is 11.3. The summed E-state index contributed by atoms with van der Waals surface area (Å²) in [6.07, 6.45) is 5.07. The van der Waals surface area contributed by atoms with Gasteiger partial charge in [0, 0.05) is 7.05 Å². The lowest BCUT2D eigenvalue weighted by Crippen LogP contribution is -2.54. The van der Waals surface area contributed by atoms with Crippen molar-refractivity contribution in [1.29, 1.82) is 0 Å². The Morgan fingerprint density at radius 3 is 2.36 bits per heavy atom. The van der Waals surface area contributed by atoms with Gasteiger partial charge in [0.2, 0.25) is 5.91 Å². The zero-order valence-electron chi connectivity index (χ0n) is 7.02. The average molecular weight is 156 g/mol. The van der Waals surface area contributed by atoms with Gasteiger partial charge >= 0.3 is 0 Å². The fraction of sp³-hybridized carbons (Fsp3) is 0.875. The topological polar surface area (TPSA) is 55.1 Å². The van der Waals surface area contributed by atoms with Crippen LogP contribution in [0.5, 0.6) is 0 Å². The SMILES string of the molecule is CNC(=O)C1(N)CCCCC1. The van der Waals surface area contributed by atoms with E-state index in [1.807, 2.05) is 0 Å². The van der Waals surface area contributed by atoms with Gasteiger partial charge in [0.1, 0.15) is 0 Å². The summed E-state index contributed by atoms with van der Waals surface area (Å²) >= 11 is 0. The second-order valence-corrected chi connectivity index (χ2v) is 3.30. The number of likely N-dealkylation sites (N-methyl/N-ethyl adjacent to an activating group) is 1. The van der Waals surface area contributed by atoms with E-state index in [0.717, 1.165) is 25.7 Å². The molecule has 1 rings (SSSR count). The molecule has 1 aliphatic carbocycles. The van der Waals surface area contributed by atoms with Crippen LogP contribution in [-0.4, -0.2) is 18.5 Å². The summed E-state index contributed by atoms with van der Waals surface area (Å²) in [5.74, 6) is -0.00259. The van der Waals surface area contributed by atoms with E-state index in [2.05, 4.69) is 5.32 Å². The second kappa shape index (κ2) is 3.22. The van der Waals surface area contributed by atoms with Crippen molar-refractivity contribution in [1.82, 2.24) is 5.32 Å². The highest BCUT2D eigenvalue weighted by atomic mass is 16.2. The lowest BCUT2D eigenvalue weighted by Gasteiger charge is -2.31. The van der Waals surface area contributed by atoms with E-state index in [1.165, 1.54) is 6.42 Å². The third-order valence-corrected chi connectivity index (χ3v) is 2.43. The molecule has 0 atom stereocenters. The van der Waals surface area contributed by atoms with Crippen LogP contribution in [0, 0.1) is 0 Å². The maximum Gasteiger partial charge on any atom is 0.239 e. The Bertz CT molecular complexity index is 150. The molecule has 0 saturated heterocycles. The van der Waals surface area contributed by atoms with Crippen LogP contribution >= 0.6 is 0 Å². The summed E-state index contributed by atoms with van der Waals surface area (Å²) in [5, 5.41) is 2.61. The van der Waals surface area contributed by atoms with Gasteiger partial charge in [-0.05, 0) is 12.8 Å². The number of nitrogens with two attached hydrogens (primary N) is 1. The minimum atomic E-state index is -0.562. The standard InChI is InChI=1S/C8H16N2O/c1-10-7(11)8(9)5-3-2-4-6-8/h2-6,9H2,1H3,(H,10,11). The molecule has 0 heterocycles. The van der Waals surface area contributed by atoms with E-state index < -0.39 is 5.54 Å². The van der Waals surface area contributed by atoms with Gasteiger partial charge in [-0.25, -0.2) is 0 Å². The number of carbonyl (C=O) groups is 1. The molecule has 1 amide bonds. The number of hydrogen-bond donors (Lipinski definition) is 2. The van der Waals surface area contributed by atoms with Gasteiger partial charge in [0.15, 0.2) is 0 Å². The van der Waals surface area contributed by atoms with Gasteiger partial charge in [0.05, 0.1) is 5.54 Å². The average Bonchev–Trinajstić information content (AvgIpc) is 2.04. The van der Waals surface area contributed by atoms with Crippen LogP contribution in [0.2, 0.25) is 0 Å². The first-order chi connectivity index (χ1) is 5.19. The van der Waals surface area contributed by atoms with Gasteiger partial charge < -0.3 is 11.1 Å². The summed E-state index contributed by atoms with van der Waals surface area (Å²) in [7, 11) is 1.64. The Balaban J connectivity index is 2.56. The minimum absolute atomic E-state index is 0.00259. The monoisotopic (exact) mass is 156 g/mol. The largest absolute Gasteiger partial charge is 0.358 e. The van der Waals surface area contributed by atoms with E-state index in [0.29, 0.717) is 0 Å². The van der Waals surface area contributed by atoms with Crippen LogP contribution < -0.4 is 11.1 Å². The summed E-state index contributed by atoms with van der Waals surface area (Å²) in [6, 6.07) is 0. The normalized spacial score (nSPS) is 22.7. The van der Waals surface area contributed by atoms with Crippen LogP contribution in [0.3, 0.4) is 0 Å². The fourth-order valence-corrected chi connectivity index (χ4v) is 1.66. The van der Waals surface area contributed by atoms with Gasteiger partial charge in [0.25, 0.3) is 0 Å². The van der Waals surface area contributed by atoms with Crippen molar-refractivity contribution >= 4 is 5.91 Å². The number of hydrogen-bond acceptors (Lipinski definition) is 2. The number of rotatable bonds is 1. The van der Waals surface area contributed by atoms with Crippen molar-refractivity contribution < 1.29 is 4.79 Å². The molecular weight excluding hydrogens is 140 g/mol. The molecule has 0 aromatic rings. The minimum Gasteiger partial charge on any atom is -0.358 e. The molecule has 3 heteroatoms. The van der Waals surface area contributed by atoms with Crippen LogP contribution in [0.4, 0.5) is 0 Å². The van der Waals surface area contributed by atoms with E-state index in [9.17, 15) is 4.79 Å². The summed E-state index contributed by atoms with van der Waals surface area (Å²) in [5.41, 5.74) is 5.34. The molecule has 0 aliphatic heterocycles. The van der Waals surface area contributed by atoms with Gasteiger partial charge in [-0.1, -0.05) is 19.3 Å². The molecule has 1 saturated carbocycles. The summed E-state index contributed by atoms with van der Waals surface area (Å²) < 4.78 is 0. The molecule has 11 heavy (non-hydrogen) atoms. The van der Waals surface area contributed by atoms with Crippen molar-refractivity contribution in [2.45, 2.75) is 37.6 Å². The number of carbonyl (C=O) groups excluding carboxylic acids is 1. The summed E-state index contributed by atoms with van der Waals surface area (Å²) in [6.45, 7) is 0. The second-order valence-electron chi connectivity index (χ2n) is 3.30. The van der Waals surface area contributed by atoms with Crippen LogP contribution in [0.25, 0.3) is 0 Å². The van der Waals surface area contributed by atoms with Crippen molar-refractivity contribution in [3.8, 4) is 0 Å². The van der Waals surface area contributed by atoms with E-state index >= 15 is 0 Å². The molecule has 0 aromatic heterocycles. The van der Waals surface area contributed by atoms with Gasteiger partial charge in [-0.3, -0.25) is 4.79 Å². The zero-order valence-corrected chi connectivity index (χ0v) is 7.02. The maximum atomic E-state index is 11.3. The Hall–Kier alpha value is -0.570. The lowest BCUT2D eigenvalue weighted by molar-refractivity contribution is -0.126. The first kappa shape index (κ1) is 8.53. The molecule has 0 radical (unpaired) electrons. The van der Waals surface area contributed by atoms with Gasteiger partial charge in [-0.2, -0.15) is 0 Å². The van der Waals surface area contributed by atoms with E-state index in [4.69, 9.17) is 5.73 Å². The molecule has 3 nitrogen and oxygen atoms in total. The molecule has 0 bridgehead atoms. The molecule has 64 valence electrons. The third kappa shape index (κ3) is 1.71.